The second-order valence-corrected chi connectivity index (χ2v) is 5.52. The Kier molecular flexibility index (Phi) is 5.89. The van der Waals surface area contributed by atoms with Crippen molar-refractivity contribution >= 4 is 11.6 Å². The highest BCUT2D eigenvalue weighted by Gasteiger charge is 2.09. The van der Waals surface area contributed by atoms with Crippen molar-refractivity contribution in [2.75, 3.05) is 5.32 Å². The molecule has 0 aliphatic carbocycles. The summed E-state index contributed by atoms with van der Waals surface area (Å²) in [4.78, 5) is 12.2. The van der Waals surface area contributed by atoms with E-state index in [1.807, 2.05) is 36.4 Å². The molecule has 0 radical (unpaired) electrons. The molecule has 1 aromatic heterocycles. The van der Waals surface area contributed by atoms with Crippen LogP contribution in [-0.2, 0) is 11.3 Å². The standard InChI is InChI=1S/C21H17N3O3/c22-13-16(14-23-15-20-7-4-12-26-20)21(25)24-17-8-10-19(11-9-17)27-18-5-2-1-3-6-18/h1-12,14,23H,15H2,(H,24,25)/b16-14-. The zero-order valence-corrected chi connectivity index (χ0v) is 14.4. The predicted octanol–water partition coefficient (Wildman–Crippen LogP) is 4.21. The Morgan fingerprint density at radius 3 is 2.44 bits per heavy atom. The van der Waals surface area contributed by atoms with Gasteiger partial charge in [0.2, 0.25) is 0 Å². The first-order chi connectivity index (χ1) is 13.2. The normalized spacial score (nSPS) is 10.7. The summed E-state index contributed by atoms with van der Waals surface area (Å²) in [5.74, 6) is 1.58. The van der Waals surface area contributed by atoms with Gasteiger partial charge in [-0.05, 0) is 48.5 Å². The van der Waals surface area contributed by atoms with Crippen molar-refractivity contribution in [1.29, 1.82) is 5.26 Å². The van der Waals surface area contributed by atoms with Crippen LogP contribution in [0.5, 0.6) is 11.5 Å². The van der Waals surface area contributed by atoms with Crippen LogP contribution in [0, 0.1) is 11.3 Å². The molecule has 0 saturated carbocycles. The maximum Gasteiger partial charge on any atom is 0.267 e. The highest BCUT2D eigenvalue weighted by molar-refractivity contribution is 6.06. The summed E-state index contributed by atoms with van der Waals surface area (Å²) in [6.07, 6.45) is 2.93. The first-order valence-electron chi connectivity index (χ1n) is 8.25. The molecule has 2 aromatic carbocycles. The Morgan fingerprint density at radius 1 is 1.04 bits per heavy atom. The number of para-hydroxylation sites is 1. The molecule has 27 heavy (non-hydrogen) atoms. The van der Waals surface area contributed by atoms with Crippen LogP contribution in [0.3, 0.4) is 0 Å². The molecule has 6 nitrogen and oxygen atoms in total. The lowest BCUT2D eigenvalue weighted by molar-refractivity contribution is -0.112. The molecule has 134 valence electrons. The number of nitriles is 1. The van der Waals surface area contributed by atoms with Crippen molar-refractivity contribution in [3.63, 3.8) is 0 Å². The summed E-state index contributed by atoms with van der Waals surface area (Å²) in [6.45, 7) is 0.386. The molecule has 3 aromatic rings. The van der Waals surface area contributed by atoms with Gasteiger partial charge in [0, 0.05) is 11.9 Å². The van der Waals surface area contributed by atoms with Crippen LogP contribution < -0.4 is 15.4 Å². The van der Waals surface area contributed by atoms with Gasteiger partial charge in [0.25, 0.3) is 5.91 Å². The topological polar surface area (TPSA) is 87.3 Å². The van der Waals surface area contributed by atoms with Gasteiger partial charge in [-0.2, -0.15) is 5.26 Å². The summed E-state index contributed by atoms with van der Waals surface area (Å²) in [5.41, 5.74) is 0.527. The minimum atomic E-state index is -0.499. The van der Waals surface area contributed by atoms with Gasteiger partial charge in [0.1, 0.15) is 28.9 Å². The summed E-state index contributed by atoms with van der Waals surface area (Å²) in [5, 5.41) is 14.7. The minimum absolute atomic E-state index is 0.0360. The molecule has 0 aliphatic heterocycles. The van der Waals surface area contributed by atoms with Crippen molar-refractivity contribution in [2.45, 2.75) is 6.54 Å². The molecule has 0 aliphatic rings. The van der Waals surface area contributed by atoms with Gasteiger partial charge in [-0.3, -0.25) is 4.79 Å². The van der Waals surface area contributed by atoms with E-state index >= 15 is 0 Å². The fraction of sp³-hybridized carbons (Fsp3) is 0.0476. The molecule has 6 heteroatoms. The lowest BCUT2D eigenvalue weighted by Gasteiger charge is -2.08. The van der Waals surface area contributed by atoms with Gasteiger partial charge >= 0.3 is 0 Å². The zero-order chi connectivity index (χ0) is 18.9. The summed E-state index contributed by atoms with van der Waals surface area (Å²) < 4.78 is 10.9. The summed E-state index contributed by atoms with van der Waals surface area (Å²) >= 11 is 0. The van der Waals surface area contributed by atoms with Gasteiger partial charge < -0.3 is 19.8 Å². The number of carbonyl (C=O) groups is 1. The molecule has 1 amide bonds. The fourth-order valence-electron chi connectivity index (χ4n) is 2.24. The number of nitrogens with zero attached hydrogens (tertiary/aromatic N) is 1. The van der Waals surface area contributed by atoms with E-state index in [1.165, 1.54) is 6.20 Å². The van der Waals surface area contributed by atoms with Crippen LogP contribution in [0.25, 0.3) is 0 Å². The Labute approximate surface area is 156 Å². The number of anilines is 1. The van der Waals surface area contributed by atoms with Crippen molar-refractivity contribution in [3.8, 4) is 17.6 Å². The third kappa shape index (κ3) is 5.25. The first-order valence-corrected chi connectivity index (χ1v) is 8.25. The molecule has 0 unspecified atom stereocenters. The molecular formula is C21H17N3O3. The number of furan rings is 1. The van der Waals surface area contributed by atoms with Crippen LogP contribution in [0.15, 0.2) is 89.2 Å². The number of benzene rings is 2. The van der Waals surface area contributed by atoms with Crippen molar-refractivity contribution < 1.29 is 13.9 Å². The second kappa shape index (κ2) is 8.92. The Morgan fingerprint density at radius 2 is 1.78 bits per heavy atom. The number of amides is 1. The van der Waals surface area contributed by atoms with Crippen molar-refractivity contribution in [3.05, 3.63) is 90.5 Å². The average Bonchev–Trinajstić information content (AvgIpc) is 3.21. The molecule has 0 bridgehead atoms. The molecule has 0 fully saturated rings. The van der Waals surface area contributed by atoms with E-state index in [1.54, 1.807) is 42.7 Å². The van der Waals surface area contributed by atoms with Crippen LogP contribution in [0.2, 0.25) is 0 Å². The van der Waals surface area contributed by atoms with Crippen LogP contribution in [0.4, 0.5) is 5.69 Å². The molecule has 0 saturated heterocycles. The van der Waals surface area contributed by atoms with Gasteiger partial charge in [0.15, 0.2) is 0 Å². The summed E-state index contributed by atoms with van der Waals surface area (Å²) in [7, 11) is 0. The Bertz CT molecular complexity index is 941. The van der Waals surface area contributed by atoms with E-state index in [4.69, 9.17) is 9.15 Å². The quantitative estimate of drug-likeness (QED) is 0.487. The Balaban J connectivity index is 1.56. The smallest absolute Gasteiger partial charge is 0.267 e. The average molecular weight is 359 g/mol. The van der Waals surface area contributed by atoms with E-state index in [9.17, 15) is 10.1 Å². The van der Waals surface area contributed by atoms with Gasteiger partial charge in [0.05, 0.1) is 12.8 Å². The Hall–Kier alpha value is -3.98. The van der Waals surface area contributed by atoms with E-state index < -0.39 is 5.91 Å². The lowest BCUT2D eigenvalue weighted by Crippen LogP contribution is -2.16. The first kappa shape index (κ1) is 17.8. The number of ether oxygens (including phenoxy) is 1. The molecule has 1 heterocycles. The van der Waals surface area contributed by atoms with Gasteiger partial charge in [-0.1, -0.05) is 18.2 Å². The fourth-order valence-corrected chi connectivity index (χ4v) is 2.24. The minimum Gasteiger partial charge on any atom is -0.467 e. The third-order valence-electron chi connectivity index (χ3n) is 3.56. The number of hydrogen-bond donors (Lipinski definition) is 2. The number of hydrogen-bond acceptors (Lipinski definition) is 5. The second-order valence-electron chi connectivity index (χ2n) is 5.52. The zero-order valence-electron chi connectivity index (χ0n) is 14.4. The van der Waals surface area contributed by atoms with E-state index in [2.05, 4.69) is 10.6 Å². The highest BCUT2D eigenvalue weighted by Crippen LogP contribution is 2.22. The maximum absolute atomic E-state index is 12.2. The number of rotatable bonds is 7. The van der Waals surface area contributed by atoms with E-state index in [-0.39, 0.29) is 5.57 Å². The largest absolute Gasteiger partial charge is 0.467 e. The highest BCUT2D eigenvalue weighted by atomic mass is 16.5. The van der Waals surface area contributed by atoms with Crippen LogP contribution in [0.1, 0.15) is 5.76 Å². The summed E-state index contributed by atoms with van der Waals surface area (Å²) in [6, 6.07) is 21.8. The van der Waals surface area contributed by atoms with Crippen molar-refractivity contribution in [2.24, 2.45) is 0 Å². The van der Waals surface area contributed by atoms with E-state index in [0.717, 1.165) is 5.75 Å². The molecule has 0 atom stereocenters. The monoisotopic (exact) mass is 359 g/mol. The lowest BCUT2D eigenvalue weighted by atomic mass is 10.2. The van der Waals surface area contributed by atoms with Gasteiger partial charge in [-0.25, -0.2) is 0 Å². The van der Waals surface area contributed by atoms with E-state index in [0.29, 0.717) is 23.7 Å². The van der Waals surface area contributed by atoms with Gasteiger partial charge in [-0.15, -0.1) is 0 Å². The molecular weight excluding hydrogens is 342 g/mol. The number of nitrogens with one attached hydrogen (secondary N) is 2. The predicted molar refractivity (Wildman–Crippen MR) is 101 cm³/mol. The SMILES string of the molecule is N#C/C(=C/NCc1ccco1)C(=O)Nc1ccc(Oc2ccccc2)cc1. The third-order valence-corrected chi connectivity index (χ3v) is 3.56. The molecule has 2 N–H and O–H groups in total. The van der Waals surface area contributed by atoms with Crippen molar-refractivity contribution in [1.82, 2.24) is 5.32 Å². The number of carbonyl (C=O) groups excluding carboxylic acids is 1. The molecule has 0 spiro atoms. The maximum atomic E-state index is 12.2. The molecule has 3 rings (SSSR count). The van der Waals surface area contributed by atoms with Crippen LogP contribution >= 0.6 is 0 Å². The van der Waals surface area contributed by atoms with Crippen LogP contribution in [-0.4, -0.2) is 5.91 Å².